The molecule has 7 amide bonds. The van der Waals surface area contributed by atoms with Gasteiger partial charge in [0, 0.05) is 65.9 Å². The number of hydrogen-bond donors (Lipinski definition) is 3. The maximum absolute atomic E-state index is 14.6. The van der Waals surface area contributed by atoms with Crippen LogP contribution in [0.3, 0.4) is 0 Å². The lowest BCUT2D eigenvalue weighted by Gasteiger charge is -2.41. The van der Waals surface area contributed by atoms with Crippen LogP contribution in [-0.2, 0) is 54.3 Å². The van der Waals surface area contributed by atoms with Crippen molar-refractivity contribution in [3.8, 4) is 0 Å². The van der Waals surface area contributed by atoms with Crippen molar-refractivity contribution in [2.75, 3.05) is 34.9 Å². The number of carbonyl (C=O) groups excluding carboxylic acids is 7. The molecule has 67 heavy (non-hydrogen) atoms. The summed E-state index contributed by atoms with van der Waals surface area (Å²) in [5.74, 6) is -5.28. The van der Waals surface area contributed by atoms with E-state index in [1.54, 1.807) is 55.1 Å². The number of ether oxygens (including phenoxy) is 2. The standard InChI is InChI=1S/C50H78N6O11/c1-13-32(6)45(54(10)49(63)43(30(2)3)52-48(62)44(31(4)5)53(9)39(57)22-18-15-19-27-55-40(58)25-26-41(55)59)38(66-11)29-42(60)56-33(7)23-24-37(56)46(67-12)34(8)47(61)51-36(50(64)65)28-35-20-16-14-17-21-35/h14,16-17,20-21,25-26,30-34,36-38,43-46H,13,15,18-19,22-24,27-29H2,1-12H3,(H,51,61)(H,52,62)(H,64,65)/t32-,33-,34+,36?,37-,38+,43?,44?,45-,46+/m0/s1. The number of aliphatic carboxylic acids is 1. The third-order valence-electron chi connectivity index (χ3n) is 13.7. The van der Waals surface area contributed by atoms with Crippen LogP contribution in [0.1, 0.15) is 112 Å². The summed E-state index contributed by atoms with van der Waals surface area (Å²) in [6.45, 7) is 15.2. The number of hydrogen-bond acceptors (Lipinski definition) is 10. The Labute approximate surface area is 397 Å². The Bertz CT molecular complexity index is 1870. The lowest BCUT2D eigenvalue weighted by molar-refractivity contribution is -0.150. The summed E-state index contributed by atoms with van der Waals surface area (Å²) in [7, 11) is 6.22. The van der Waals surface area contributed by atoms with E-state index in [-0.39, 0.29) is 79.1 Å². The predicted octanol–water partition coefficient (Wildman–Crippen LogP) is 4.22. The maximum atomic E-state index is 14.6. The largest absolute Gasteiger partial charge is 0.480 e. The Morgan fingerprint density at radius 3 is 1.99 bits per heavy atom. The topological polar surface area (TPSA) is 212 Å². The number of carboxylic acid groups (broad SMARTS) is 1. The number of rotatable bonds is 27. The Hall–Kier alpha value is -5.16. The Kier molecular flexibility index (Phi) is 22.1. The second-order valence-electron chi connectivity index (χ2n) is 19.1. The molecule has 1 aromatic rings. The number of carboxylic acids is 1. The van der Waals surface area contributed by atoms with Crippen molar-refractivity contribution >= 4 is 47.3 Å². The molecule has 0 radical (unpaired) electrons. The second-order valence-corrected chi connectivity index (χ2v) is 19.1. The van der Waals surface area contributed by atoms with Crippen LogP contribution >= 0.6 is 0 Å². The van der Waals surface area contributed by atoms with Crippen LogP contribution in [0.4, 0.5) is 0 Å². The summed E-state index contributed by atoms with van der Waals surface area (Å²) in [5.41, 5.74) is 0.761. The van der Waals surface area contributed by atoms with E-state index in [0.29, 0.717) is 38.5 Å². The van der Waals surface area contributed by atoms with Crippen LogP contribution in [0.25, 0.3) is 0 Å². The quantitative estimate of drug-likeness (QED) is 0.0840. The lowest BCUT2D eigenvalue weighted by Crippen LogP contribution is -2.60. The minimum Gasteiger partial charge on any atom is -0.480 e. The Morgan fingerprint density at radius 2 is 1.45 bits per heavy atom. The van der Waals surface area contributed by atoms with Gasteiger partial charge in [-0.1, -0.05) is 91.6 Å². The van der Waals surface area contributed by atoms with E-state index in [4.69, 9.17) is 9.47 Å². The first-order valence-electron chi connectivity index (χ1n) is 23.9. The van der Waals surface area contributed by atoms with E-state index < -0.39 is 66.1 Å². The molecule has 0 spiro atoms. The number of nitrogens with zero attached hydrogens (tertiary/aromatic N) is 4. The van der Waals surface area contributed by atoms with Gasteiger partial charge in [0.05, 0.1) is 36.6 Å². The minimum absolute atomic E-state index is 0.0914. The highest BCUT2D eigenvalue weighted by molar-refractivity contribution is 6.12. The molecule has 374 valence electrons. The van der Waals surface area contributed by atoms with Crippen molar-refractivity contribution in [1.82, 2.24) is 30.2 Å². The van der Waals surface area contributed by atoms with Gasteiger partial charge in [-0.15, -0.1) is 0 Å². The van der Waals surface area contributed by atoms with Gasteiger partial charge in [-0.3, -0.25) is 38.5 Å². The molecule has 0 bridgehead atoms. The van der Waals surface area contributed by atoms with Crippen molar-refractivity contribution in [1.29, 1.82) is 0 Å². The SMILES string of the molecule is CC[C@H](C)[C@@H]([C@@H](CC(=O)N1[C@@H](C)CC[C@H]1[C@H](OC)[C@@H](C)C(=O)NC(Cc1ccccc1)C(=O)O)OC)N(C)C(=O)C(NC(=O)C(C(C)C)N(C)C(=O)CCCCCN1C(=O)C=CC1=O)C(C)C. The van der Waals surface area contributed by atoms with E-state index in [1.165, 1.54) is 36.2 Å². The molecule has 17 heteroatoms. The molecule has 2 aliphatic rings. The monoisotopic (exact) mass is 939 g/mol. The van der Waals surface area contributed by atoms with Gasteiger partial charge in [0.25, 0.3) is 11.8 Å². The average molecular weight is 939 g/mol. The Balaban J connectivity index is 1.74. The van der Waals surface area contributed by atoms with Crippen LogP contribution in [0.2, 0.25) is 0 Å². The molecule has 3 rings (SSSR count). The predicted molar refractivity (Wildman–Crippen MR) is 253 cm³/mol. The number of nitrogens with one attached hydrogen (secondary N) is 2. The van der Waals surface area contributed by atoms with Gasteiger partial charge in [-0.05, 0) is 55.9 Å². The summed E-state index contributed by atoms with van der Waals surface area (Å²) in [4.78, 5) is 112. The smallest absolute Gasteiger partial charge is 0.326 e. The van der Waals surface area contributed by atoms with Crippen molar-refractivity contribution in [2.24, 2.45) is 23.7 Å². The molecule has 10 atom stereocenters. The van der Waals surface area contributed by atoms with E-state index in [0.717, 1.165) is 5.56 Å². The summed E-state index contributed by atoms with van der Waals surface area (Å²) >= 11 is 0. The third-order valence-corrected chi connectivity index (χ3v) is 13.7. The van der Waals surface area contributed by atoms with Gasteiger partial charge in [-0.2, -0.15) is 0 Å². The summed E-state index contributed by atoms with van der Waals surface area (Å²) < 4.78 is 12.0. The van der Waals surface area contributed by atoms with Gasteiger partial charge < -0.3 is 39.9 Å². The molecule has 2 heterocycles. The van der Waals surface area contributed by atoms with Crippen LogP contribution < -0.4 is 10.6 Å². The highest BCUT2D eigenvalue weighted by Gasteiger charge is 2.46. The molecule has 0 aliphatic carbocycles. The normalized spacial score (nSPS) is 19.7. The summed E-state index contributed by atoms with van der Waals surface area (Å²) in [5, 5.41) is 15.6. The molecule has 17 nitrogen and oxygen atoms in total. The summed E-state index contributed by atoms with van der Waals surface area (Å²) in [6, 6.07) is 4.73. The molecule has 1 saturated heterocycles. The molecule has 2 aliphatic heterocycles. The molecule has 1 aromatic carbocycles. The highest BCUT2D eigenvalue weighted by atomic mass is 16.5. The van der Waals surface area contributed by atoms with Gasteiger partial charge >= 0.3 is 5.97 Å². The van der Waals surface area contributed by atoms with E-state index in [2.05, 4.69) is 10.6 Å². The molecule has 0 aromatic heterocycles. The van der Waals surface area contributed by atoms with E-state index in [1.807, 2.05) is 54.5 Å². The number of benzene rings is 1. The number of amides is 7. The molecular weight excluding hydrogens is 861 g/mol. The fourth-order valence-corrected chi connectivity index (χ4v) is 9.58. The van der Waals surface area contributed by atoms with E-state index in [9.17, 15) is 43.5 Å². The second kappa shape index (κ2) is 26.4. The van der Waals surface area contributed by atoms with Crippen molar-refractivity contribution < 1.29 is 52.9 Å². The van der Waals surface area contributed by atoms with Crippen LogP contribution in [-0.4, -0.2) is 155 Å². The number of likely N-dealkylation sites (N-methyl/N-ethyl adjacent to an activating group) is 2. The fourth-order valence-electron chi connectivity index (χ4n) is 9.58. The third kappa shape index (κ3) is 14.9. The number of imide groups is 1. The maximum Gasteiger partial charge on any atom is 0.326 e. The summed E-state index contributed by atoms with van der Waals surface area (Å²) in [6.07, 6.45) is 4.64. The van der Waals surface area contributed by atoms with E-state index >= 15 is 0 Å². The molecule has 3 N–H and O–H groups in total. The zero-order chi connectivity index (χ0) is 50.3. The molecule has 0 saturated carbocycles. The van der Waals surface area contributed by atoms with Crippen molar-refractivity contribution in [3.05, 3.63) is 48.0 Å². The van der Waals surface area contributed by atoms with Crippen LogP contribution in [0.5, 0.6) is 0 Å². The fraction of sp³-hybridized carbons (Fsp3) is 0.680. The molecule has 3 unspecified atom stereocenters. The zero-order valence-electron chi connectivity index (χ0n) is 41.9. The lowest BCUT2D eigenvalue weighted by atomic mass is 9.89. The molecular formula is C50H78N6O11. The van der Waals surface area contributed by atoms with Gasteiger partial charge in [0.2, 0.25) is 29.5 Å². The van der Waals surface area contributed by atoms with Gasteiger partial charge in [0.15, 0.2) is 0 Å². The first kappa shape index (κ1) is 56.2. The van der Waals surface area contributed by atoms with Crippen molar-refractivity contribution in [3.63, 3.8) is 0 Å². The van der Waals surface area contributed by atoms with Crippen LogP contribution in [0.15, 0.2) is 42.5 Å². The zero-order valence-corrected chi connectivity index (χ0v) is 41.9. The van der Waals surface area contributed by atoms with Crippen molar-refractivity contribution in [2.45, 2.75) is 162 Å². The van der Waals surface area contributed by atoms with Crippen LogP contribution in [0, 0.1) is 23.7 Å². The Morgan fingerprint density at radius 1 is 0.821 bits per heavy atom. The first-order valence-corrected chi connectivity index (χ1v) is 23.9. The van der Waals surface area contributed by atoms with Gasteiger partial charge in [-0.25, -0.2) is 4.79 Å². The minimum atomic E-state index is -1.17. The highest BCUT2D eigenvalue weighted by Crippen LogP contribution is 2.33. The number of unbranched alkanes of at least 4 members (excludes halogenated alkanes) is 2. The average Bonchev–Trinajstić information content (AvgIpc) is 3.83. The number of methoxy groups -OCH3 is 2. The number of carbonyl (C=O) groups is 8. The first-order chi connectivity index (χ1) is 31.6. The number of likely N-dealkylation sites (tertiary alicyclic amines) is 1. The molecule has 1 fully saturated rings. The van der Waals surface area contributed by atoms with Gasteiger partial charge in [0.1, 0.15) is 18.1 Å².